The van der Waals surface area contributed by atoms with Crippen LogP contribution < -0.4 is 4.74 Å². The Morgan fingerprint density at radius 3 is 2.50 bits per heavy atom. The first-order valence-corrected chi connectivity index (χ1v) is 11.0. The van der Waals surface area contributed by atoms with Crippen molar-refractivity contribution in [3.05, 3.63) is 62.9 Å². The van der Waals surface area contributed by atoms with E-state index in [9.17, 15) is 14.3 Å². The third-order valence-corrected chi connectivity index (χ3v) is 6.42. The van der Waals surface area contributed by atoms with E-state index in [0.717, 1.165) is 43.4 Å². The van der Waals surface area contributed by atoms with Crippen molar-refractivity contribution in [1.82, 2.24) is 4.90 Å². The largest absolute Gasteiger partial charge is 0.488 e. The Morgan fingerprint density at radius 2 is 1.87 bits per heavy atom. The van der Waals surface area contributed by atoms with Crippen molar-refractivity contribution in [1.29, 1.82) is 0 Å². The van der Waals surface area contributed by atoms with Gasteiger partial charge < -0.3 is 9.84 Å². The average molecular weight is 452 g/mol. The molecule has 1 saturated heterocycles. The number of piperidine rings is 1. The minimum atomic E-state index is -1.25. The van der Waals surface area contributed by atoms with Gasteiger partial charge in [0.2, 0.25) is 0 Å². The molecule has 2 atom stereocenters. The van der Waals surface area contributed by atoms with Gasteiger partial charge in [0.1, 0.15) is 17.7 Å². The third kappa shape index (κ3) is 4.74. The summed E-state index contributed by atoms with van der Waals surface area (Å²) < 4.78 is 20.7. The molecular formula is C23H24Cl2FNO3. The molecule has 4 nitrogen and oxygen atoms in total. The maximum Gasteiger partial charge on any atom is 0.338 e. The maximum absolute atomic E-state index is 14.4. The van der Waals surface area contributed by atoms with Crippen molar-refractivity contribution in [2.75, 3.05) is 6.54 Å². The van der Waals surface area contributed by atoms with E-state index in [0.29, 0.717) is 22.3 Å². The van der Waals surface area contributed by atoms with E-state index in [1.165, 1.54) is 12.1 Å². The van der Waals surface area contributed by atoms with Gasteiger partial charge in [0.05, 0.1) is 5.56 Å². The molecule has 1 unspecified atom stereocenters. The molecule has 1 saturated carbocycles. The highest BCUT2D eigenvalue weighted by Gasteiger charge is 2.33. The normalized spacial score (nSPS) is 22.1. The molecule has 0 amide bonds. The number of aromatic carboxylic acids is 1. The van der Waals surface area contributed by atoms with Crippen LogP contribution in [0.2, 0.25) is 10.0 Å². The summed E-state index contributed by atoms with van der Waals surface area (Å²) in [7, 11) is 0. The van der Waals surface area contributed by atoms with E-state index in [-0.39, 0.29) is 23.6 Å². The monoisotopic (exact) mass is 451 g/mol. The Bertz CT molecular complexity index is 943. The lowest BCUT2D eigenvalue weighted by molar-refractivity contribution is 0.0307. The van der Waals surface area contributed by atoms with Gasteiger partial charge in [0.15, 0.2) is 0 Å². The Hall–Kier alpha value is -1.82. The standard InChI is InChI=1S/C23H24Cl2FNO3/c1-13-21(3-2-6-27(13)12-14-7-16(24)9-17(25)8-14)30-22-11-20(26)19(23(28)29)10-18(22)15-4-5-15/h7-11,13,15,21H,2-6,12H2,1H3,(H,28,29)/t13-,21?/m0/s1. The molecule has 4 rings (SSSR count). The highest BCUT2D eigenvalue weighted by atomic mass is 35.5. The van der Waals surface area contributed by atoms with Crippen LogP contribution in [0.4, 0.5) is 4.39 Å². The van der Waals surface area contributed by atoms with Crippen molar-refractivity contribution in [2.45, 2.75) is 57.2 Å². The molecule has 0 aromatic heterocycles. The van der Waals surface area contributed by atoms with Crippen LogP contribution in [-0.2, 0) is 6.54 Å². The summed E-state index contributed by atoms with van der Waals surface area (Å²) in [5.74, 6) is -1.28. The van der Waals surface area contributed by atoms with Crippen molar-refractivity contribution in [2.24, 2.45) is 0 Å². The number of likely N-dealkylation sites (tertiary alicyclic amines) is 1. The Balaban J connectivity index is 1.53. The summed E-state index contributed by atoms with van der Waals surface area (Å²) in [5, 5.41) is 10.5. The topological polar surface area (TPSA) is 49.8 Å². The highest BCUT2D eigenvalue weighted by Crippen LogP contribution is 2.45. The van der Waals surface area contributed by atoms with Crippen LogP contribution in [-0.4, -0.2) is 34.7 Å². The molecule has 1 aliphatic heterocycles. The number of benzene rings is 2. The van der Waals surface area contributed by atoms with Crippen LogP contribution >= 0.6 is 23.2 Å². The summed E-state index contributed by atoms with van der Waals surface area (Å²) in [4.78, 5) is 13.6. The van der Waals surface area contributed by atoms with Crippen LogP contribution in [0, 0.1) is 5.82 Å². The van der Waals surface area contributed by atoms with Crippen molar-refractivity contribution >= 4 is 29.2 Å². The predicted molar refractivity (Wildman–Crippen MR) is 115 cm³/mol. The summed E-state index contributed by atoms with van der Waals surface area (Å²) >= 11 is 12.3. The number of nitrogens with zero attached hydrogens (tertiary/aromatic N) is 1. The average Bonchev–Trinajstić information content (AvgIpc) is 3.49. The molecule has 0 spiro atoms. The molecule has 1 N–H and O–H groups in total. The molecule has 2 aliphatic rings. The van der Waals surface area contributed by atoms with Gasteiger partial charge in [-0.15, -0.1) is 0 Å². The molecule has 2 aromatic carbocycles. The molecule has 0 bridgehead atoms. The molecular weight excluding hydrogens is 428 g/mol. The Morgan fingerprint density at radius 1 is 1.17 bits per heavy atom. The van der Waals surface area contributed by atoms with E-state index < -0.39 is 11.8 Å². The van der Waals surface area contributed by atoms with Gasteiger partial charge in [-0.05, 0) is 80.5 Å². The van der Waals surface area contributed by atoms with E-state index >= 15 is 0 Å². The van der Waals surface area contributed by atoms with E-state index in [1.54, 1.807) is 6.07 Å². The van der Waals surface area contributed by atoms with Crippen molar-refractivity contribution < 1.29 is 19.0 Å². The lowest BCUT2D eigenvalue weighted by Gasteiger charge is -2.39. The predicted octanol–water partition coefficient (Wildman–Crippen LogP) is 6.14. The lowest BCUT2D eigenvalue weighted by atomic mass is 9.98. The van der Waals surface area contributed by atoms with Gasteiger partial charge in [-0.25, -0.2) is 9.18 Å². The zero-order valence-electron chi connectivity index (χ0n) is 16.7. The fourth-order valence-electron chi connectivity index (χ4n) is 4.21. The van der Waals surface area contributed by atoms with Crippen LogP contribution in [0.3, 0.4) is 0 Å². The number of carboxylic acids is 1. The van der Waals surface area contributed by atoms with Gasteiger partial charge in [-0.3, -0.25) is 4.90 Å². The fraction of sp³-hybridized carbons (Fsp3) is 0.435. The van der Waals surface area contributed by atoms with Gasteiger partial charge >= 0.3 is 5.97 Å². The van der Waals surface area contributed by atoms with Crippen molar-refractivity contribution in [3.8, 4) is 5.75 Å². The van der Waals surface area contributed by atoms with Crippen LogP contribution in [0.1, 0.15) is 60.0 Å². The minimum Gasteiger partial charge on any atom is -0.488 e. The SMILES string of the molecule is C[C@H]1C(Oc2cc(F)c(C(=O)O)cc2C2CC2)CCCN1Cc1cc(Cl)cc(Cl)c1. The number of carboxylic acid groups (broad SMARTS) is 1. The second-order valence-corrected chi connectivity index (χ2v) is 9.11. The minimum absolute atomic E-state index is 0.103. The second kappa shape index (κ2) is 8.74. The summed E-state index contributed by atoms with van der Waals surface area (Å²) in [6.07, 6.45) is 3.66. The van der Waals surface area contributed by atoms with Gasteiger partial charge in [-0.1, -0.05) is 23.2 Å². The maximum atomic E-state index is 14.4. The lowest BCUT2D eigenvalue weighted by Crippen LogP contribution is -2.48. The van der Waals surface area contributed by atoms with E-state index in [1.807, 2.05) is 12.1 Å². The molecule has 0 radical (unpaired) electrons. The van der Waals surface area contributed by atoms with E-state index in [4.69, 9.17) is 27.9 Å². The number of carbonyl (C=O) groups is 1. The quantitative estimate of drug-likeness (QED) is 0.572. The smallest absolute Gasteiger partial charge is 0.338 e. The zero-order valence-corrected chi connectivity index (χ0v) is 18.2. The van der Waals surface area contributed by atoms with Crippen LogP contribution in [0.15, 0.2) is 30.3 Å². The number of hydrogen-bond donors (Lipinski definition) is 1. The molecule has 1 aliphatic carbocycles. The summed E-state index contributed by atoms with van der Waals surface area (Å²) in [6.45, 7) is 3.73. The molecule has 2 fully saturated rings. The highest BCUT2D eigenvalue weighted by molar-refractivity contribution is 6.34. The van der Waals surface area contributed by atoms with Gasteiger partial charge in [0, 0.05) is 28.7 Å². The number of ether oxygens (including phenoxy) is 1. The Labute approximate surface area is 185 Å². The Kier molecular flexibility index (Phi) is 6.24. The number of halogens is 3. The summed E-state index contributed by atoms with van der Waals surface area (Å²) in [6, 6.07) is 8.34. The zero-order chi connectivity index (χ0) is 21.4. The van der Waals surface area contributed by atoms with Gasteiger partial charge in [0.25, 0.3) is 0 Å². The second-order valence-electron chi connectivity index (χ2n) is 8.24. The molecule has 1 heterocycles. The van der Waals surface area contributed by atoms with Crippen LogP contribution in [0.25, 0.3) is 0 Å². The first-order valence-electron chi connectivity index (χ1n) is 10.2. The summed E-state index contributed by atoms with van der Waals surface area (Å²) in [5.41, 5.74) is 1.55. The first-order chi connectivity index (χ1) is 14.3. The van der Waals surface area contributed by atoms with Gasteiger partial charge in [-0.2, -0.15) is 0 Å². The van der Waals surface area contributed by atoms with Crippen LogP contribution in [0.5, 0.6) is 5.75 Å². The molecule has 7 heteroatoms. The third-order valence-electron chi connectivity index (χ3n) is 5.98. The number of rotatable bonds is 6. The van der Waals surface area contributed by atoms with E-state index in [2.05, 4.69) is 11.8 Å². The first kappa shape index (κ1) is 21.4. The molecule has 160 valence electrons. The molecule has 2 aromatic rings. The fourth-order valence-corrected chi connectivity index (χ4v) is 4.78. The van der Waals surface area contributed by atoms with Crippen molar-refractivity contribution in [3.63, 3.8) is 0 Å². The molecule has 30 heavy (non-hydrogen) atoms. The number of hydrogen-bond acceptors (Lipinski definition) is 3.